The van der Waals surface area contributed by atoms with Gasteiger partial charge in [0.2, 0.25) is 5.91 Å². The van der Waals surface area contributed by atoms with Crippen LogP contribution in [0.2, 0.25) is 0 Å². The maximum absolute atomic E-state index is 12.4. The number of carbonyl (C=O) groups is 1. The van der Waals surface area contributed by atoms with E-state index in [0.717, 1.165) is 12.0 Å². The van der Waals surface area contributed by atoms with Gasteiger partial charge in [-0.25, -0.2) is 0 Å². The van der Waals surface area contributed by atoms with Gasteiger partial charge in [-0.3, -0.25) is 14.3 Å². The lowest BCUT2D eigenvalue weighted by molar-refractivity contribution is -0.131. The molecule has 1 saturated heterocycles. The van der Waals surface area contributed by atoms with Crippen LogP contribution in [-0.4, -0.2) is 39.1 Å². The van der Waals surface area contributed by atoms with Crippen LogP contribution in [0, 0.1) is 0 Å². The van der Waals surface area contributed by atoms with Crippen molar-refractivity contribution in [1.29, 1.82) is 0 Å². The zero-order valence-corrected chi connectivity index (χ0v) is 13.0. The predicted octanol–water partition coefficient (Wildman–Crippen LogP) is 1.66. The molecule has 1 fully saturated rings. The summed E-state index contributed by atoms with van der Waals surface area (Å²) < 4.78 is 11.3. The molecule has 20 heavy (non-hydrogen) atoms. The van der Waals surface area contributed by atoms with Crippen molar-refractivity contribution >= 4 is 16.7 Å². The quantitative estimate of drug-likeness (QED) is 0.898. The molecule has 4 unspecified atom stereocenters. The molecule has 0 aromatic heterocycles. The third-order valence-corrected chi connectivity index (χ3v) is 4.53. The van der Waals surface area contributed by atoms with Crippen molar-refractivity contribution in [3.8, 4) is 0 Å². The van der Waals surface area contributed by atoms with Gasteiger partial charge in [-0.15, -0.1) is 0 Å². The number of benzene rings is 1. The van der Waals surface area contributed by atoms with Gasteiger partial charge in [-0.05, 0) is 25.8 Å². The van der Waals surface area contributed by atoms with E-state index in [2.05, 4.69) is 5.32 Å². The van der Waals surface area contributed by atoms with E-state index in [1.807, 2.05) is 49.1 Å². The minimum atomic E-state index is -0.820. The Balaban J connectivity index is 2.18. The Morgan fingerprint density at radius 1 is 1.35 bits per heavy atom. The summed E-state index contributed by atoms with van der Waals surface area (Å²) in [6.45, 7) is 3.92. The van der Waals surface area contributed by atoms with E-state index in [1.165, 1.54) is 0 Å². The van der Waals surface area contributed by atoms with Crippen molar-refractivity contribution in [3.63, 3.8) is 0 Å². The Hall–Kier alpha value is -1.20. The Morgan fingerprint density at radius 3 is 2.60 bits per heavy atom. The average Bonchev–Trinajstić information content (AvgIpc) is 2.73. The number of hydrogen-bond acceptors (Lipinski definition) is 3. The van der Waals surface area contributed by atoms with Gasteiger partial charge in [0.1, 0.15) is 6.17 Å². The van der Waals surface area contributed by atoms with Gasteiger partial charge in [0, 0.05) is 28.9 Å². The molecule has 5 heteroatoms. The monoisotopic (exact) mass is 294 g/mol. The smallest absolute Gasteiger partial charge is 0.241 e. The van der Waals surface area contributed by atoms with Gasteiger partial charge in [-0.2, -0.15) is 0 Å². The lowest BCUT2D eigenvalue weighted by Crippen LogP contribution is -2.39. The summed E-state index contributed by atoms with van der Waals surface area (Å²) in [5.74, 6) is 0.745. The van der Waals surface area contributed by atoms with Gasteiger partial charge >= 0.3 is 0 Å². The lowest BCUT2D eigenvalue weighted by Gasteiger charge is -2.30. The number of hydrogen-bond donors (Lipinski definition) is 1. The number of amides is 1. The average molecular weight is 294 g/mol. The summed E-state index contributed by atoms with van der Waals surface area (Å²) >= 11 is 0. The molecule has 0 spiro atoms. The van der Waals surface area contributed by atoms with Crippen molar-refractivity contribution in [2.75, 3.05) is 12.0 Å². The minimum absolute atomic E-state index is 0.0778. The lowest BCUT2D eigenvalue weighted by atomic mass is 10.1. The fourth-order valence-corrected chi connectivity index (χ4v) is 3.25. The highest BCUT2D eigenvalue weighted by molar-refractivity contribution is 7.84. The maximum Gasteiger partial charge on any atom is 0.241 e. The highest BCUT2D eigenvalue weighted by Gasteiger charge is 2.39. The van der Waals surface area contributed by atoms with Crippen molar-refractivity contribution < 1.29 is 9.00 Å². The zero-order chi connectivity index (χ0) is 14.7. The zero-order valence-electron chi connectivity index (χ0n) is 12.2. The van der Waals surface area contributed by atoms with E-state index < -0.39 is 10.8 Å². The summed E-state index contributed by atoms with van der Waals surface area (Å²) in [4.78, 5) is 14.3. The molecular formula is C15H22N2O2S. The van der Waals surface area contributed by atoms with Crippen LogP contribution in [0.25, 0.3) is 0 Å². The van der Waals surface area contributed by atoms with E-state index in [-0.39, 0.29) is 24.2 Å². The molecule has 1 aliphatic heterocycles. The van der Waals surface area contributed by atoms with Crippen LogP contribution >= 0.6 is 0 Å². The second-order valence-corrected chi connectivity index (χ2v) is 6.92. The molecule has 2 rings (SSSR count). The molecule has 1 amide bonds. The topological polar surface area (TPSA) is 49.4 Å². The number of carbonyl (C=O) groups excluding carboxylic acids is 1. The summed E-state index contributed by atoms with van der Waals surface area (Å²) in [6, 6.07) is 9.89. The molecule has 1 N–H and O–H groups in total. The summed E-state index contributed by atoms with van der Waals surface area (Å²) in [7, 11) is -0.820. The number of nitrogens with zero attached hydrogens (tertiary/aromatic N) is 1. The summed E-state index contributed by atoms with van der Waals surface area (Å²) in [5.41, 5.74) is 1.09. The fraction of sp³-hybridized carbons (Fsp3) is 0.533. The maximum atomic E-state index is 12.4. The van der Waals surface area contributed by atoms with Crippen LogP contribution in [0.1, 0.15) is 32.0 Å². The van der Waals surface area contributed by atoms with Crippen molar-refractivity contribution in [2.45, 2.75) is 38.5 Å². The number of rotatable bonds is 5. The van der Waals surface area contributed by atoms with Crippen molar-refractivity contribution in [3.05, 3.63) is 35.9 Å². The SMILES string of the molecule is CC1NC(c2ccccc2)N(C(C)CCS(C)=O)C1=O. The normalized spacial score (nSPS) is 25.8. The first-order valence-corrected chi connectivity index (χ1v) is 8.66. The summed E-state index contributed by atoms with van der Waals surface area (Å²) in [6.07, 6.45) is 2.37. The molecule has 0 radical (unpaired) electrons. The molecule has 110 valence electrons. The van der Waals surface area contributed by atoms with Crippen molar-refractivity contribution in [2.24, 2.45) is 0 Å². The minimum Gasteiger partial charge on any atom is -0.319 e. The predicted molar refractivity (Wildman–Crippen MR) is 81.6 cm³/mol. The first-order chi connectivity index (χ1) is 9.50. The van der Waals surface area contributed by atoms with Gasteiger partial charge in [0.05, 0.1) is 6.04 Å². The molecular weight excluding hydrogens is 272 g/mol. The Bertz CT molecular complexity index is 492. The van der Waals surface area contributed by atoms with Gasteiger partial charge < -0.3 is 4.90 Å². The molecule has 1 heterocycles. The highest BCUT2D eigenvalue weighted by Crippen LogP contribution is 2.28. The second kappa shape index (κ2) is 6.50. The van der Waals surface area contributed by atoms with Crippen LogP contribution in [0.15, 0.2) is 30.3 Å². The molecule has 0 aliphatic carbocycles. The Labute approximate surface area is 123 Å². The highest BCUT2D eigenvalue weighted by atomic mass is 32.2. The first kappa shape index (κ1) is 15.2. The van der Waals surface area contributed by atoms with Gasteiger partial charge in [-0.1, -0.05) is 30.3 Å². The Morgan fingerprint density at radius 2 is 2.00 bits per heavy atom. The molecule has 4 nitrogen and oxygen atoms in total. The fourth-order valence-electron chi connectivity index (χ4n) is 2.58. The second-order valence-electron chi connectivity index (χ2n) is 5.36. The standard InChI is InChI=1S/C15H22N2O2S/c1-11(9-10-20(3)19)17-14(16-12(2)15(17)18)13-7-5-4-6-8-13/h4-8,11-12,14,16H,9-10H2,1-3H3. The molecule has 0 saturated carbocycles. The van der Waals surface area contributed by atoms with Crippen LogP contribution in [-0.2, 0) is 15.6 Å². The molecule has 1 aromatic carbocycles. The Kier molecular flexibility index (Phi) is 4.94. The molecule has 1 aliphatic rings. The van der Waals surface area contributed by atoms with E-state index in [0.29, 0.717) is 5.75 Å². The van der Waals surface area contributed by atoms with Crippen LogP contribution in [0.4, 0.5) is 0 Å². The number of nitrogens with one attached hydrogen (secondary N) is 1. The van der Waals surface area contributed by atoms with Crippen LogP contribution in [0.3, 0.4) is 0 Å². The van der Waals surface area contributed by atoms with E-state index in [4.69, 9.17) is 0 Å². The van der Waals surface area contributed by atoms with Gasteiger partial charge in [0.25, 0.3) is 0 Å². The van der Waals surface area contributed by atoms with E-state index >= 15 is 0 Å². The van der Waals surface area contributed by atoms with Gasteiger partial charge in [0.15, 0.2) is 0 Å². The van der Waals surface area contributed by atoms with Crippen molar-refractivity contribution in [1.82, 2.24) is 10.2 Å². The van der Waals surface area contributed by atoms with Crippen LogP contribution in [0.5, 0.6) is 0 Å². The molecule has 0 bridgehead atoms. The third kappa shape index (κ3) is 3.27. The molecule has 1 aromatic rings. The van der Waals surface area contributed by atoms with Crippen LogP contribution < -0.4 is 5.32 Å². The van der Waals surface area contributed by atoms with E-state index in [1.54, 1.807) is 6.26 Å². The van der Waals surface area contributed by atoms with E-state index in [9.17, 15) is 9.00 Å². The largest absolute Gasteiger partial charge is 0.319 e. The first-order valence-electron chi connectivity index (χ1n) is 6.94. The molecule has 4 atom stereocenters. The third-order valence-electron chi connectivity index (χ3n) is 3.72. The summed E-state index contributed by atoms with van der Waals surface area (Å²) in [5, 5.41) is 3.34.